The topological polar surface area (TPSA) is 50.9 Å². The Morgan fingerprint density at radius 3 is 2.94 bits per heavy atom. The first-order chi connectivity index (χ1) is 7.72. The van der Waals surface area contributed by atoms with E-state index in [1.54, 1.807) is 0 Å². The summed E-state index contributed by atoms with van der Waals surface area (Å²) in [6.07, 6.45) is 5.62. The molecule has 3 heteroatoms. The predicted molar refractivity (Wildman–Crippen MR) is 67.1 cm³/mol. The minimum absolute atomic E-state index is 0.410. The Hall–Kier alpha value is -1.09. The number of hydrogen-bond acceptors (Lipinski definition) is 3. The Labute approximate surface area is 97.5 Å². The van der Waals surface area contributed by atoms with Crippen molar-refractivity contribution in [3.8, 4) is 0 Å². The van der Waals surface area contributed by atoms with E-state index in [0.29, 0.717) is 11.9 Å². The van der Waals surface area contributed by atoms with E-state index in [2.05, 4.69) is 30.2 Å². The van der Waals surface area contributed by atoms with E-state index < -0.39 is 0 Å². The number of nitrogens with one attached hydrogen (secondary N) is 1. The summed E-state index contributed by atoms with van der Waals surface area (Å²) in [7, 11) is 0. The van der Waals surface area contributed by atoms with Gasteiger partial charge in [0.05, 0.1) is 0 Å². The number of nitrogens with zero attached hydrogens (tertiary/aromatic N) is 1. The summed E-state index contributed by atoms with van der Waals surface area (Å²) in [5.74, 6) is 1.45. The molecule has 1 heterocycles. The minimum atomic E-state index is 0.410. The first-order valence-corrected chi connectivity index (χ1v) is 6.17. The maximum Gasteiger partial charge on any atom is 0.128 e. The monoisotopic (exact) mass is 219 g/mol. The van der Waals surface area contributed by atoms with Crippen LogP contribution in [0.3, 0.4) is 0 Å². The van der Waals surface area contributed by atoms with Gasteiger partial charge in [0.25, 0.3) is 0 Å². The standard InChI is InChI=1S/C13H21N3/c1-3-6-15-12(10-4-5-10)11-7-9(2)8-16-13(11)14/h7-8,10,12,15H,3-6H2,1-2H3,(H2,14,16). The molecule has 0 amide bonds. The Morgan fingerprint density at radius 1 is 1.56 bits per heavy atom. The van der Waals surface area contributed by atoms with E-state index >= 15 is 0 Å². The van der Waals surface area contributed by atoms with Crippen molar-refractivity contribution in [1.82, 2.24) is 10.3 Å². The molecule has 1 atom stereocenters. The van der Waals surface area contributed by atoms with Crippen molar-refractivity contribution in [2.45, 2.75) is 39.2 Å². The summed E-state index contributed by atoms with van der Waals surface area (Å²) in [5, 5.41) is 3.60. The van der Waals surface area contributed by atoms with Gasteiger partial charge >= 0.3 is 0 Å². The molecule has 16 heavy (non-hydrogen) atoms. The maximum atomic E-state index is 5.98. The fraction of sp³-hybridized carbons (Fsp3) is 0.615. The predicted octanol–water partition coefficient (Wildman–Crippen LogP) is 2.42. The Morgan fingerprint density at radius 2 is 2.31 bits per heavy atom. The zero-order valence-electron chi connectivity index (χ0n) is 10.2. The molecule has 0 aromatic carbocycles. The highest BCUT2D eigenvalue weighted by molar-refractivity contribution is 5.43. The fourth-order valence-corrected chi connectivity index (χ4v) is 2.11. The maximum absolute atomic E-state index is 5.98. The molecular formula is C13H21N3. The van der Waals surface area contributed by atoms with Crippen LogP contribution in [0.2, 0.25) is 0 Å². The van der Waals surface area contributed by atoms with Crippen LogP contribution in [0.4, 0.5) is 5.82 Å². The lowest BCUT2D eigenvalue weighted by molar-refractivity contribution is 0.481. The van der Waals surface area contributed by atoms with Crippen molar-refractivity contribution >= 4 is 5.82 Å². The van der Waals surface area contributed by atoms with Crippen LogP contribution in [-0.4, -0.2) is 11.5 Å². The lowest BCUT2D eigenvalue weighted by atomic mass is 10.0. The molecule has 1 fully saturated rings. The molecule has 1 aliphatic rings. The van der Waals surface area contributed by atoms with Crippen LogP contribution in [0, 0.1) is 12.8 Å². The van der Waals surface area contributed by atoms with E-state index in [1.807, 2.05) is 6.20 Å². The number of aryl methyl sites for hydroxylation is 1. The first kappa shape index (κ1) is 11.4. The van der Waals surface area contributed by atoms with Crippen molar-refractivity contribution in [2.75, 3.05) is 12.3 Å². The lowest BCUT2D eigenvalue weighted by Gasteiger charge is -2.20. The van der Waals surface area contributed by atoms with Gasteiger partial charge in [0, 0.05) is 17.8 Å². The molecule has 1 saturated carbocycles. The number of anilines is 1. The molecule has 0 aliphatic heterocycles. The third kappa shape index (κ3) is 2.53. The van der Waals surface area contributed by atoms with Gasteiger partial charge < -0.3 is 11.1 Å². The molecule has 88 valence electrons. The number of hydrogen-bond donors (Lipinski definition) is 2. The van der Waals surface area contributed by atoms with Gasteiger partial charge in [-0.1, -0.05) is 6.92 Å². The molecule has 0 bridgehead atoms. The number of nitrogens with two attached hydrogens (primary N) is 1. The molecule has 3 N–H and O–H groups in total. The summed E-state index contributed by atoms with van der Waals surface area (Å²) in [6, 6.07) is 2.58. The number of pyridine rings is 1. The van der Waals surface area contributed by atoms with Crippen molar-refractivity contribution in [1.29, 1.82) is 0 Å². The van der Waals surface area contributed by atoms with Crippen molar-refractivity contribution in [3.63, 3.8) is 0 Å². The largest absolute Gasteiger partial charge is 0.383 e. The summed E-state index contributed by atoms with van der Waals surface area (Å²) < 4.78 is 0. The highest BCUT2D eigenvalue weighted by atomic mass is 14.9. The van der Waals surface area contributed by atoms with Gasteiger partial charge in [-0.15, -0.1) is 0 Å². The average molecular weight is 219 g/mol. The normalized spacial score (nSPS) is 17.4. The molecular weight excluding hydrogens is 198 g/mol. The second kappa shape index (κ2) is 4.83. The van der Waals surface area contributed by atoms with Crippen LogP contribution >= 0.6 is 0 Å². The highest BCUT2D eigenvalue weighted by Crippen LogP contribution is 2.42. The smallest absolute Gasteiger partial charge is 0.128 e. The van der Waals surface area contributed by atoms with Crippen LogP contribution in [0.5, 0.6) is 0 Å². The average Bonchev–Trinajstić information content (AvgIpc) is 3.08. The van der Waals surface area contributed by atoms with Crippen molar-refractivity contribution < 1.29 is 0 Å². The quantitative estimate of drug-likeness (QED) is 0.799. The van der Waals surface area contributed by atoms with E-state index in [4.69, 9.17) is 5.73 Å². The van der Waals surface area contributed by atoms with E-state index in [0.717, 1.165) is 18.9 Å². The lowest BCUT2D eigenvalue weighted by Crippen LogP contribution is -2.25. The highest BCUT2D eigenvalue weighted by Gasteiger charge is 2.33. The van der Waals surface area contributed by atoms with Gasteiger partial charge in [-0.05, 0) is 50.3 Å². The van der Waals surface area contributed by atoms with E-state index in [1.165, 1.54) is 24.0 Å². The van der Waals surface area contributed by atoms with Gasteiger partial charge in [0.15, 0.2) is 0 Å². The van der Waals surface area contributed by atoms with Crippen LogP contribution < -0.4 is 11.1 Å². The van der Waals surface area contributed by atoms with E-state index in [9.17, 15) is 0 Å². The van der Waals surface area contributed by atoms with Crippen molar-refractivity contribution in [3.05, 3.63) is 23.4 Å². The third-order valence-electron chi connectivity index (χ3n) is 3.13. The minimum Gasteiger partial charge on any atom is -0.383 e. The molecule has 0 saturated heterocycles. The Bertz CT molecular complexity index is 358. The number of nitrogen functional groups attached to an aromatic ring is 1. The van der Waals surface area contributed by atoms with Crippen molar-refractivity contribution in [2.24, 2.45) is 5.92 Å². The summed E-state index contributed by atoms with van der Waals surface area (Å²) >= 11 is 0. The zero-order valence-corrected chi connectivity index (χ0v) is 10.2. The zero-order chi connectivity index (χ0) is 11.5. The van der Waals surface area contributed by atoms with Gasteiger partial charge in [-0.2, -0.15) is 0 Å². The first-order valence-electron chi connectivity index (χ1n) is 6.17. The number of rotatable bonds is 5. The molecule has 0 spiro atoms. The van der Waals surface area contributed by atoms with Crippen LogP contribution in [0.25, 0.3) is 0 Å². The second-order valence-electron chi connectivity index (χ2n) is 4.76. The van der Waals surface area contributed by atoms with Gasteiger partial charge in [-0.25, -0.2) is 4.98 Å². The molecule has 1 unspecified atom stereocenters. The Balaban J connectivity index is 2.19. The Kier molecular flexibility index (Phi) is 3.44. The van der Waals surface area contributed by atoms with Gasteiger partial charge in [0.2, 0.25) is 0 Å². The van der Waals surface area contributed by atoms with E-state index in [-0.39, 0.29) is 0 Å². The molecule has 0 radical (unpaired) electrons. The van der Waals surface area contributed by atoms with Crippen LogP contribution in [0.15, 0.2) is 12.3 Å². The fourth-order valence-electron chi connectivity index (χ4n) is 2.11. The summed E-state index contributed by atoms with van der Waals surface area (Å²) in [4.78, 5) is 4.26. The van der Waals surface area contributed by atoms with Gasteiger partial charge in [-0.3, -0.25) is 0 Å². The summed E-state index contributed by atoms with van der Waals surface area (Å²) in [5.41, 5.74) is 8.36. The third-order valence-corrected chi connectivity index (χ3v) is 3.13. The SMILES string of the molecule is CCCNC(c1cc(C)cnc1N)C1CC1. The molecule has 1 aromatic rings. The molecule has 2 rings (SSSR count). The molecule has 3 nitrogen and oxygen atoms in total. The second-order valence-corrected chi connectivity index (χ2v) is 4.76. The van der Waals surface area contributed by atoms with Crippen LogP contribution in [-0.2, 0) is 0 Å². The summed E-state index contributed by atoms with van der Waals surface area (Å²) in [6.45, 7) is 5.31. The number of aromatic nitrogens is 1. The molecule has 1 aliphatic carbocycles. The van der Waals surface area contributed by atoms with Crippen LogP contribution in [0.1, 0.15) is 43.4 Å². The molecule has 1 aromatic heterocycles. The van der Waals surface area contributed by atoms with Gasteiger partial charge in [0.1, 0.15) is 5.82 Å².